The Morgan fingerprint density at radius 2 is 1.68 bits per heavy atom. The van der Waals surface area contributed by atoms with Crippen LogP contribution in [-0.4, -0.2) is 28.4 Å². The number of carbonyl (C=O) groups is 2. The van der Waals surface area contributed by atoms with E-state index in [1.165, 1.54) is 25.1 Å². The second-order valence-corrected chi connectivity index (χ2v) is 7.26. The lowest BCUT2D eigenvalue weighted by atomic mass is 10.1. The molecule has 0 saturated carbocycles. The first kappa shape index (κ1) is 20.9. The maximum absolute atomic E-state index is 12.3. The van der Waals surface area contributed by atoms with Crippen molar-refractivity contribution in [1.29, 1.82) is 0 Å². The number of rotatable bonds is 6. The summed E-state index contributed by atoms with van der Waals surface area (Å²) in [6, 6.07) is 12.3. The number of carbonyl (C=O) groups excluding carboxylic acids is 2. The Morgan fingerprint density at radius 1 is 1.07 bits per heavy atom. The van der Waals surface area contributed by atoms with Crippen molar-refractivity contribution in [3.8, 4) is 5.75 Å². The topological polar surface area (TPSA) is 111 Å². The summed E-state index contributed by atoms with van der Waals surface area (Å²) in [7, 11) is 0. The quantitative estimate of drug-likeness (QED) is 0.584. The molecule has 0 aromatic heterocycles. The van der Waals surface area contributed by atoms with Crippen LogP contribution >= 0.6 is 0 Å². The third-order valence-electron chi connectivity index (χ3n) is 3.64. The number of hydrogen-bond donors (Lipinski definition) is 2. The van der Waals surface area contributed by atoms with Crippen LogP contribution in [-0.2, 0) is 4.79 Å². The van der Waals surface area contributed by atoms with Crippen molar-refractivity contribution in [2.24, 2.45) is 0 Å². The van der Waals surface area contributed by atoms with Crippen molar-refractivity contribution in [2.75, 3.05) is 5.32 Å². The molecule has 0 bridgehead atoms. The van der Waals surface area contributed by atoms with Gasteiger partial charge in [0.15, 0.2) is 11.9 Å². The van der Waals surface area contributed by atoms with Crippen LogP contribution in [0.15, 0.2) is 48.5 Å². The first-order chi connectivity index (χ1) is 13.1. The molecule has 0 spiro atoms. The van der Waals surface area contributed by atoms with Crippen LogP contribution in [0.25, 0.3) is 0 Å². The molecule has 1 atom stereocenters. The van der Waals surface area contributed by atoms with Gasteiger partial charge in [0.1, 0.15) is 0 Å². The molecule has 0 saturated heterocycles. The molecule has 1 unspecified atom stereocenters. The van der Waals surface area contributed by atoms with Crippen LogP contribution in [0.3, 0.4) is 0 Å². The van der Waals surface area contributed by atoms with E-state index in [2.05, 4.69) is 10.6 Å². The van der Waals surface area contributed by atoms with Crippen molar-refractivity contribution < 1.29 is 19.2 Å². The van der Waals surface area contributed by atoms with E-state index < -0.39 is 16.9 Å². The molecular weight excluding hydrogens is 362 g/mol. The van der Waals surface area contributed by atoms with Gasteiger partial charge in [-0.3, -0.25) is 19.7 Å². The Balaban J connectivity index is 2.01. The minimum Gasteiger partial charge on any atom is -0.474 e. The fourth-order valence-corrected chi connectivity index (χ4v) is 2.31. The van der Waals surface area contributed by atoms with E-state index in [1.807, 2.05) is 20.8 Å². The maximum Gasteiger partial charge on any atom is 0.310 e. The highest BCUT2D eigenvalue weighted by atomic mass is 16.6. The number of ether oxygens (including phenoxy) is 1. The van der Waals surface area contributed by atoms with E-state index in [-0.39, 0.29) is 22.9 Å². The predicted molar refractivity (Wildman–Crippen MR) is 105 cm³/mol. The van der Waals surface area contributed by atoms with Crippen LogP contribution in [0.4, 0.5) is 11.4 Å². The van der Waals surface area contributed by atoms with Crippen LogP contribution in [0, 0.1) is 10.1 Å². The van der Waals surface area contributed by atoms with Gasteiger partial charge in [-0.2, -0.15) is 0 Å². The van der Waals surface area contributed by atoms with E-state index in [9.17, 15) is 19.7 Å². The van der Waals surface area contributed by atoms with Gasteiger partial charge < -0.3 is 15.4 Å². The van der Waals surface area contributed by atoms with Crippen LogP contribution in [0.2, 0.25) is 0 Å². The van der Waals surface area contributed by atoms with Gasteiger partial charge in [0.25, 0.3) is 11.8 Å². The summed E-state index contributed by atoms with van der Waals surface area (Å²) in [6.45, 7) is 7.16. The Bertz CT molecular complexity index is 872. The molecule has 8 nitrogen and oxygen atoms in total. The van der Waals surface area contributed by atoms with E-state index in [4.69, 9.17) is 4.74 Å². The van der Waals surface area contributed by atoms with E-state index in [0.717, 1.165) is 0 Å². The van der Waals surface area contributed by atoms with Gasteiger partial charge in [0.05, 0.1) is 4.92 Å². The molecule has 2 amide bonds. The zero-order valence-corrected chi connectivity index (χ0v) is 16.2. The standard InChI is InChI=1S/C20H23N3O5/c1-13(28-17-8-6-5-7-16(17)23(26)27)18(24)21-15-11-9-14(10-12-15)19(25)22-20(2,3)4/h5-13H,1-4H3,(H,21,24)(H,22,25). The Kier molecular flexibility index (Phi) is 6.35. The lowest BCUT2D eigenvalue weighted by Gasteiger charge is -2.20. The zero-order valence-electron chi connectivity index (χ0n) is 16.2. The highest BCUT2D eigenvalue weighted by Gasteiger charge is 2.21. The molecule has 0 aliphatic carbocycles. The van der Waals surface area contributed by atoms with Crippen molar-refractivity contribution in [3.05, 3.63) is 64.2 Å². The summed E-state index contributed by atoms with van der Waals surface area (Å²) in [5, 5.41) is 16.5. The second-order valence-electron chi connectivity index (χ2n) is 7.26. The lowest BCUT2D eigenvalue weighted by molar-refractivity contribution is -0.386. The molecule has 8 heteroatoms. The molecule has 0 radical (unpaired) electrons. The fourth-order valence-electron chi connectivity index (χ4n) is 2.31. The van der Waals surface area contributed by atoms with Gasteiger partial charge in [-0.25, -0.2) is 0 Å². The highest BCUT2D eigenvalue weighted by molar-refractivity contribution is 5.97. The summed E-state index contributed by atoms with van der Waals surface area (Å²) in [5.74, 6) is -0.659. The third-order valence-corrected chi connectivity index (χ3v) is 3.64. The molecule has 2 aromatic carbocycles. The van der Waals surface area contributed by atoms with Gasteiger partial charge in [0, 0.05) is 22.9 Å². The first-order valence-electron chi connectivity index (χ1n) is 8.70. The Hall–Kier alpha value is -3.42. The fraction of sp³-hybridized carbons (Fsp3) is 0.300. The number of amides is 2. The van der Waals surface area contributed by atoms with Gasteiger partial charge in [-0.05, 0) is 58.0 Å². The molecular formula is C20H23N3O5. The Morgan fingerprint density at radius 3 is 2.25 bits per heavy atom. The van der Waals surface area contributed by atoms with Gasteiger partial charge in [-0.1, -0.05) is 12.1 Å². The number of hydrogen-bond acceptors (Lipinski definition) is 5. The smallest absolute Gasteiger partial charge is 0.310 e. The molecule has 0 aliphatic heterocycles. The number of nitrogens with one attached hydrogen (secondary N) is 2. The molecule has 0 heterocycles. The van der Waals surface area contributed by atoms with Crippen molar-refractivity contribution in [1.82, 2.24) is 5.32 Å². The minimum absolute atomic E-state index is 0.0179. The largest absolute Gasteiger partial charge is 0.474 e. The van der Waals surface area contributed by atoms with Crippen LogP contribution in [0.1, 0.15) is 38.1 Å². The number of nitro groups is 1. The summed E-state index contributed by atoms with van der Waals surface area (Å²) in [5.41, 5.74) is 0.389. The van der Waals surface area contributed by atoms with Crippen LogP contribution in [0.5, 0.6) is 5.75 Å². The molecule has 148 valence electrons. The van der Waals surface area contributed by atoms with E-state index in [1.54, 1.807) is 30.3 Å². The van der Waals surface area contributed by atoms with Crippen molar-refractivity contribution in [3.63, 3.8) is 0 Å². The average Bonchev–Trinajstić information content (AvgIpc) is 2.61. The predicted octanol–water partition coefficient (Wildman–Crippen LogP) is 3.53. The monoisotopic (exact) mass is 385 g/mol. The van der Waals surface area contributed by atoms with Crippen LogP contribution < -0.4 is 15.4 Å². The summed E-state index contributed by atoms with van der Waals surface area (Å²) < 4.78 is 5.44. The molecule has 28 heavy (non-hydrogen) atoms. The molecule has 0 aliphatic rings. The van der Waals surface area contributed by atoms with Gasteiger partial charge in [0.2, 0.25) is 0 Å². The van der Waals surface area contributed by atoms with Crippen molar-refractivity contribution in [2.45, 2.75) is 39.3 Å². The molecule has 2 aromatic rings. The number of benzene rings is 2. The minimum atomic E-state index is -0.954. The number of para-hydroxylation sites is 2. The Labute approximate surface area is 163 Å². The number of nitrogens with zero attached hydrogens (tertiary/aromatic N) is 1. The second kappa shape index (κ2) is 8.51. The maximum atomic E-state index is 12.3. The first-order valence-corrected chi connectivity index (χ1v) is 8.70. The normalized spacial score (nSPS) is 12.0. The SMILES string of the molecule is CC(Oc1ccccc1[N+](=O)[O-])C(=O)Nc1ccc(C(=O)NC(C)(C)C)cc1. The lowest BCUT2D eigenvalue weighted by Crippen LogP contribution is -2.40. The van der Waals surface area contributed by atoms with E-state index in [0.29, 0.717) is 11.3 Å². The van der Waals surface area contributed by atoms with E-state index >= 15 is 0 Å². The third kappa shape index (κ3) is 5.80. The summed E-state index contributed by atoms with van der Waals surface area (Å²) >= 11 is 0. The molecule has 2 N–H and O–H groups in total. The van der Waals surface area contributed by atoms with Gasteiger partial charge in [-0.15, -0.1) is 0 Å². The molecule has 2 rings (SSSR count). The highest BCUT2D eigenvalue weighted by Crippen LogP contribution is 2.27. The zero-order chi connectivity index (χ0) is 20.9. The van der Waals surface area contributed by atoms with Gasteiger partial charge >= 0.3 is 5.69 Å². The average molecular weight is 385 g/mol. The number of nitro benzene ring substituents is 1. The summed E-state index contributed by atoms with van der Waals surface area (Å²) in [4.78, 5) is 34.9. The molecule has 0 fully saturated rings. The number of anilines is 1. The van der Waals surface area contributed by atoms with Crippen molar-refractivity contribution >= 4 is 23.2 Å². The summed E-state index contributed by atoms with van der Waals surface area (Å²) in [6.07, 6.45) is -0.954.